The number of hydrogen-bond acceptors (Lipinski definition) is 2. The van der Waals surface area contributed by atoms with Crippen molar-refractivity contribution in [2.24, 2.45) is 11.8 Å². The second-order valence-electron chi connectivity index (χ2n) is 6.01. The third-order valence-electron chi connectivity index (χ3n) is 4.35. The zero-order valence-corrected chi connectivity index (χ0v) is 9.46. The van der Waals surface area contributed by atoms with Gasteiger partial charge >= 0.3 is 0 Å². The lowest BCUT2D eigenvalue weighted by Crippen LogP contribution is -2.63. The second kappa shape index (κ2) is 3.39. The normalized spacial score (nSPS) is 37.3. The Morgan fingerprint density at radius 1 is 1.19 bits per heavy atom. The van der Waals surface area contributed by atoms with Crippen LogP contribution in [0.5, 0.6) is 0 Å². The third-order valence-corrected chi connectivity index (χ3v) is 4.35. The van der Waals surface area contributed by atoms with Crippen molar-refractivity contribution in [2.45, 2.75) is 43.6 Å². The number of hydrogen-bond donors (Lipinski definition) is 1. The molecule has 92 valence electrons. The van der Waals surface area contributed by atoms with Gasteiger partial charge in [-0.25, -0.2) is 8.78 Å². The molecule has 4 heteroatoms. The molecular formula is C12H19F2NO. The van der Waals surface area contributed by atoms with Gasteiger partial charge in [0.15, 0.2) is 0 Å². The van der Waals surface area contributed by atoms with Crippen molar-refractivity contribution in [3.63, 3.8) is 0 Å². The fourth-order valence-corrected chi connectivity index (χ4v) is 3.30. The van der Waals surface area contributed by atoms with Gasteiger partial charge in [-0.2, -0.15) is 0 Å². The van der Waals surface area contributed by atoms with Gasteiger partial charge in [0.25, 0.3) is 0 Å². The SMILES string of the molecule is OC1(C2CC2)CN(CC2CCC(F)(F)C2)C1. The number of β-amino-alcohol motifs (C(OH)–C–C–N with tert-alkyl or cyclic N) is 1. The molecule has 0 spiro atoms. The zero-order chi connectivity index (χ0) is 11.4. The summed E-state index contributed by atoms with van der Waals surface area (Å²) in [5.41, 5.74) is -0.471. The van der Waals surface area contributed by atoms with Crippen LogP contribution in [-0.4, -0.2) is 41.2 Å². The average Bonchev–Trinajstić information content (AvgIpc) is 2.90. The van der Waals surface area contributed by atoms with Gasteiger partial charge < -0.3 is 5.11 Å². The Hall–Kier alpha value is -0.220. The lowest BCUT2D eigenvalue weighted by Gasteiger charge is -2.48. The fraction of sp³-hybridized carbons (Fsp3) is 1.00. The topological polar surface area (TPSA) is 23.5 Å². The predicted molar refractivity (Wildman–Crippen MR) is 56.4 cm³/mol. The Morgan fingerprint density at radius 3 is 2.38 bits per heavy atom. The number of rotatable bonds is 3. The molecule has 2 aliphatic carbocycles. The maximum Gasteiger partial charge on any atom is 0.248 e. The maximum absolute atomic E-state index is 13.0. The molecule has 1 aliphatic heterocycles. The van der Waals surface area contributed by atoms with E-state index in [2.05, 4.69) is 4.90 Å². The molecule has 1 saturated heterocycles. The van der Waals surface area contributed by atoms with E-state index < -0.39 is 11.5 Å². The highest BCUT2D eigenvalue weighted by atomic mass is 19.3. The van der Waals surface area contributed by atoms with Crippen LogP contribution in [0.3, 0.4) is 0 Å². The Bertz CT molecular complexity index is 285. The third kappa shape index (κ3) is 1.97. The molecule has 1 heterocycles. The van der Waals surface area contributed by atoms with Gasteiger partial charge in [-0.15, -0.1) is 0 Å². The van der Waals surface area contributed by atoms with Gasteiger partial charge in [-0.3, -0.25) is 4.90 Å². The Morgan fingerprint density at radius 2 is 1.88 bits per heavy atom. The van der Waals surface area contributed by atoms with Gasteiger partial charge in [0.05, 0.1) is 5.60 Å². The minimum Gasteiger partial charge on any atom is -0.387 e. The zero-order valence-electron chi connectivity index (χ0n) is 9.46. The van der Waals surface area contributed by atoms with Crippen molar-refractivity contribution in [2.75, 3.05) is 19.6 Å². The van der Waals surface area contributed by atoms with Gasteiger partial charge in [0.1, 0.15) is 0 Å². The van der Waals surface area contributed by atoms with E-state index >= 15 is 0 Å². The molecule has 2 nitrogen and oxygen atoms in total. The minimum absolute atomic E-state index is 0.0470. The molecule has 0 aromatic rings. The Labute approximate surface area is 94.6 Å². The molecule has 3 rings (SSSR count). The molecule has 0 bridgehead atoms. The number of halogens is 2. The highest BCUT2D eigenvalue weighted by Crippen LogP contribution is 2.46. The lowest BCUT2D eigenvalue weighted by molar-refractivity contribution is -0.118. The minimum atomic E-state index is -2.43. The standard InChI is InChI=1S/C12H19F2NO/c13-12(14)4-3-9(5-12)6-15-7-11(16,8-15)10-1-2-10/h9-10,16H,1-8H2. The van der Waals surface area contributed by atoms with Crippen LogP contribution >= 0.6 is 0 Å². The summed E-state index contributed by atoms with van der Waals surface area (Å²) < 4.78 is 26.0. The summed E-state index contributed by atoms with van der Waals surface area (Å²) >= 11 is 0. The smallest absolute Gasteiger partial charge is 0.248 e. The fourth-order valence-electron chi connectivity index (χ4n) is 3.30. The van der Waals surface area contributed by atoms with E-state index in [0.717, 1.165) is 19.4 Å². The van der Waals surface area contributed by atoms with Gasteiger partial charge in [-0.05, 0) is 31.1 Å². The predicted octanol–water partition coefficient (Wildman–Crippen LogP) is 1.88. The highest BCUT2D eigenvalue weighted by Gasteiger charge is 2.52. The number of likely N-dealkylation sites (tertiary alicyclic amines) is 1. The largest absolute Gasteiger partial charge is 0.387 e. The van der Waals surface area contributed by atoms with Crippen molar-refractivity contribution in [3.05, 3.63) is 0 Å². The monoisotopic (exact) mass is 231 g/mol. The van der Waals surface area contributed by atoms with E-state index in [1.165, 1.54) is 0 Å². The molecule has 0 radical (unpaired) electrons. The van der Waals surface area contributed by atoms with Gasteiger partial charge in [0.2, 0.25) is 5.92 Å². The molecule has 0 aromatic carbocycles. The highest BCUT2D eigenvalue weighted by molar-refractivity contribution is 5.05. The van der Waals surface area contributed by atoms with Crippen LogP contribution in [0.4, 0.5) is 8.78 Å². The van der Waals surface area contributed by atoms with E-state index in [1.54, 1.807) is 0 Å². The van der Waals surface area contributed by atoms with Crippen molar-refractivity contribution in [1.82, 2.24) is 4.90 Å². The first-order valence-electron chi connectivity index (χ1n) is 6.29. The molecule has 1 N–H and O–H groups in total. The average molecular weight is 231 g/mol. The van der Waals surface area contributed by atoms with Crippen molar-refractivity contribution in [1.29, 1.82) is 0 Å². The summed E-state index contributed by atoms with van der Waals surface area (Å²) in [4.78, 5) is 2.14. The van der Waals surface area contributed by atoms with Gasteiger partial charge in [-0.1, -0.05) is 0 Å². The Balaban J connectivity index is 1.45. The van der Waals surface area contributed by atoms with Crippen molar-refractivity contribution < 1.29 is 13.9 Å². The summed E-state index contributed by atoms with van der Waals surface area (Å²) in [6.45, 7) is 2.17. The molecule has 0 aromatic heterocycles. The lowest BCUT2D eigenvalue weighted by atomic mass is 9.87. The summed E-state index contributed by atoms with van der Waals surface area (Å²) in [7, 11) is 0. The van der Waals surface area contributed by atoms with Crippen LogP contribution in [0, 0.1) is 11.8 Å². The first-order valence-corrected chi connectivity index (χ1v) is 6.29. The number of nitrogens with zero attached hydrogens (tertiary/aromatic N) is 1. The molecule has 2 saturated carbocycles. The number of alkyl halides is 2. The quantitative estimate of drug-likeness (QED) is 0.801. The van der Waals surface area contributed by atoms with Crippen LogP contribution in [0.2, 0.25) is 0 Å². The van der Waals surface area contributed by atoms with E-state index in [-0.39, 0.29) is 18.8 Å². The maximum atomic E-state index is 13.0. The van der Waals surface area contributed by atoms with Crippen LogP contribution in [0.1, 0.15) is 32.1 Å². The molecule has 3 aliphatic rings. The van der Waals surface area contributed by atoms with Crippen LogP contribution < -0.4 is 0 Å². The summed E-state index contributed by atoms with van der Waals surface area (Å²) in [5, 5.41) is 10.1. The van der Waals surface area contributed by atoms with E-state index in [1.807, 2.05) is 0 Å². The molecular weight excluding hydrogens is 212 g/mol. The Kier molecular flexibility index (Phi) is 2.31. The molecule has 1 unspecified atom stereocenters. The van der Waals surface area contributed by atoms with Crippen molar-refractivity contribution in [3.8, 4) is 0 Å². The van der Waals surface area contributed by atoms with E-state index in [0.29, 0.717) is 25.4 Å². The first-order chi connectivity index (χ1) is 7.47. The summed E-state index contributed by atoms with van der Waals surface area (Å²) in [6, 6.07) is 0. The molecule has 1 atom stereocenters. The van der Waals surface area contributed by atoms with Crippen molar-refractivity contribution >= 4 is 0 Å². The van der Waals surface area contributed by atoms with E-state index in [4.69, 9.17) is 0 Å². The molecule has 0 amide bonds. The summed E-state index contributed by atoms with van der Waals surface area (Å²) in [6.07, 6.45) is 3.03. The first kappa shape index (κ1) is 10.9. The van der Waals surface area contributed by atoms with Crippen LogP contribution in [0.15, 0.2) is 0 Å². The molecule has 16 heavy (non-hydrogen) atoms. The molecule has 3 fully saturated rings. The van der Waals surface area contributed by atoms with E-state index in [9.17, 15) is 13.9 Å². The van der Waals surface area contributed by atoms with Crippen LogP contribution in [-0.2, 0) is 0 Å². The summed E-state index contributed by atoms with van der Waals surface area (Å²) in [5.74, 6) is -1.80. The second-order valence-corrected chi connectivity index (χ2v) is 6.01. The number of aliphatic hydroxyl groups is 1. The van der Waals surface area contributed by atoms with Gasteiger partial charge in [0, 0.05) is 32.5 Å². The van der Waals surface area contributed by atoms with Crippen LogP contribution in [0.25, 0.3) is 0 Å².